The summed E-state index contributed by atoms with van der Waals surface area (Å²) in [6.07, 6.45) is 0. The highest BCUT2D eigenvalue weighted by Gasteiger charge is 2.19. The Hall–Kier alpha value is -2.34. The lowest BCUT2D eigenvalue weighted by Gasteiger charge is -2.19. The van der Waals surface area contributed by atoms with Crippen LogP contribution in [0.15, 0.2) is 48.5 Å². The number of amides is 1. The number of hydrogen-bond acceptors (Lipinski definition) is 4. The van der Waals surface area contributed by atoms with Crippen molar-refractivity contribution in [1.82, 2.24) is 0 Å². The van der Waals surface area contributed by atoms with Gasteiger partial charge in [0.2, 0.25) is 5.91 Å². The van der Waals surface area contributed by atoms with Crippen LogP contribution in [0.25, 0.3) is 0 Å². The van der Waals surface area contributed by atoms with E-state index in [9.17, 15) is 13.2 Å². The minimum Gasteiger partial charge on any atom is -0.497 e. The van der Waals surface area contributed by atoms with Crippen molar-refractivity contribution in [2.24, 2.45) is 0 Å². The lowest BCUT2D eigenvalue weighted by Crippen LogP contribution is -2.24. The van der Waals surface area contributed by atoms with Gasteiger partial charge in [-0.2, -0.15) is 0 Å². The van der Waals surface area contributed by atoms with Gasteiger partial charge in [-0.25, -0.2) is 8.42 Å². The molecule has 140 valence electrons. The minimum atomic E-state index is -3.55. The molecule has 0 spiro atoms. The molecule has 0 unspecified atom stereocenters. The van der Waals surface area contributed by atoms with Gasteiger partial charge in [0.05, 0.1) is 12.9 Å². The Bertz CT molecular complexity index is 848. The van der Waals surface area contributed by atoms with Crippen LogP contribution in [0.5, 0.6) is 5.75 Å². The summed E-state index contributed by atoms with van der Waals surface area (Å²) >= 11 is 0. The fourth-order valence-electron chi connectivity index (χ4n) is 2.48. The number of sulfone groups is 1. The van der Waals surface area contributed by atoms with E-state index in [1.54, 1.807) is 43.5 Å². The normalized spacial score (nSPS) is 11.8. The zero-order chi connectivity index (χ0) is 19.4. The molecule has 2 rings (SSSR count). The second kappa shape index (κ2) is 7.91. The van der Waals surface area contributed by atoms with Gasteiger partial charge in [0.25, 0.3) is 0 Å². The van der Waals surface area contributed by atoms with Crippen LogP contribution in [0.4, 0.5) is 5.69 Å². The van der Waals surface area contributed by atoms with Crippen LogP contribution in [0.1, 0.15) is 31.9 Å². The van der Waals surface area contributed by atoms with E-state index in [0.717, 1.165) is 5.56 Å². The smallest absolute Gasteiger partial charge is 0.239 e. The largest absolute Gasteiger partial charge is 0.497 e. The molecule has 26 heavy (non-hydrogen) atoms. The van der Waals surface area contributed by atoms with Crippen molar-refractivity contribution >= 4 is 21.4 Å². The van der Waals surface area contributed by atoms with Gasteiger partial charge < -0.3 is 10.1 Å². The number of benzene rings is 2. The van der Waals surface area contributed by atoms with E-state index in [1.165, 1.54) is 0 Å². The average molecular weight is 375 g/mol. The number of ether oxygens (including phenoxy) is 1. The van der Waals surface area contributed by atoms with Gasteiger partial charge in [0, 0.05) is 5.69 Å². The lowest BCUT2D eigenvalue weighted by molar-refractivity contribution is -0.113. The monoisotopic (exact) mass is 375 g/mol. The van der Waals surface area contributed by atoms with Gasteiger partial charge in [-0.3, -0.25) is 4.79 Å². The number of rotatable bonds is 6. The molecular formula is C20H25NO4S. The predicted molar refractivity (Wildman–Crippen MR) is 104 cm³/mol. The maximum Gasteiger partial charge on any atom is 0.239 e. The quantitative estimate of drug-likeness (QED) is 0.838. The summed E-state index contributed by atoms with van der Waals surface area (Å²) in [4.78, 5) is 12.0. The van der Waals surface area contributed by atoms with Crippen LogP contribution in [-0.4, -0.2) is 27.2 Å². The van der Waals surface area contributed by atoms with Crippen molar-refractivity contribution in [1.29, 1.82) is 0 Å². The van der Waals surface area contributed by atoms with Crippen molar-refractivity contribution in [2.45, 2.75) is 31.9 Å². The van der Waals surface area contributed by atoms with Crippen molar-refractivity contribution in [2.75, 3.05) is 18.2 Å². The van der Waals surface area contributed by atoms with Crippen LogP contribution in [0.2, 0.25) is 0 Å². The molecule has 0 atom stereocenters. The van der Waals surface area contributed by atoms with E-state index in [1.807, 2.05) is 12.1 Å². The lowest BCUT2D eigenvalue weighted by atomic mass is 9.87. The number of methoxy groups -OCH3 is 1. The van der Waals surface area contributed by atoms with Gasteiger partial charge >= 0.3 is 0 Å². The summed E-state index contributed by atoms with van der Waals surface area (Å²) in [5.74, 6) is -0.608. The molecule has 0 bridgehead atoms. The first-order valence-corrected chi connectivity index (χ1v) is 10.1. The standard InChI is InChI=1S/C20H25NO4S/c1-20(2,3)16-7-5-15(6-8-16)13-26(23,24)14-19(22)21-17-9-11-18(25-4)12-10-17/h5-12H,13-14H2,1-4H3,(H,21,22). The van der Waals surface area contributed by atoms with Gasteiger partial charge in [0.15, 0.2) is 9.84 Å². The summed E-state index contributed by atoms with van der Waals surface area (Å²) in [5.41, 5.74) is 2.35. The maximum atomic E-state index is 12.3. The Labute approximate surface area is 155 Å². The van der Waals surface area contributed by atoms with E-state index in [0.29, 0.717) is 17.0 Å². The van der Waals surface area contributed by atoms with Crippen LogP contribution in [0.3, 0.4) is 0 Å². The third-order valence-electron chi connectivity index (χ3n) is 3.93. The molecule has 1 amide bonds. The third-order valence-corrected chi connectivity index (χ3v) is 5.41. The van der Waals surface area contributed by atoms with Gasteiger partial charge in [-0.1, -0.05) is 45.0 Å². The van der Waals surface area contributed by atoms with E-state index in [4.69, 9.17) is 4.74 Å². The minimum absolute atomic E-state index is 0.00958. The molecule has 0 saturated carbocycles. The molecule has 0 radical (unpaired) electrons. The topological polar surface area (TPSA) is 72.5 Å². The molecule has 0 fully saturated rings. The van der Waals surface area contributed by atoms with Crippen molar-refractivity contribution in [3.05, 3.63) is 59.7 Å². The van der Waals surface area contributed by atoms with Crippen LogP contribution in [0, 0.1) is 0 Å². The molecule has 6 heteroatoms. The molecule has 0 aliphatic rings. The molecule has 1 N–H and O–H groups in total. The summed E-state index contributed by atoms with van der Waals surface area (Å²) in [6.45, 7) is 6.30. The fourth-order valence-corrected chi connectivity index (χ4v) is 3.75. The Morgan fingerprint density at radius 2 is 1.58 bits per heavy atom. The highest BCUT2D eigenvalue weighted by atomic mass is 32.2. The van der Waals surface area contributed by atoms with E-state index in [2.05, 4.69) is 26.1 Å². The number of anilines is 1. The van der Waals surface area contributed by atoms with Gasteiger partial charge in [-0.05, 0) is 40.8 Å². The number of nitrogens with one attached hydrogen (secondary N) is 1. The highest BCUT2D eigenvalue weighted by Crippen LogP contribution is 2.22. The Morgan fingerprint density at radius 3 is 2.08 bits per heavy atom. The first-order valence-electron chi connectivity index (χ1n) is 8.33. The third kappa shape index (κ3) is 5.88. The number of carbonyl (C=O) groups excluding carboxylic acids is 1. The Balaban J connectivity index is 1.97. The summed E-state index contributed by atoms with van der Waals surface area (Å²) < 4.78 is 29.6. The molecule has 0 saturated heterocycles. The molecule has 2 aromatic rings. The molecule has 0 heterocycles. The second-order valence-corrected chi connectivity index (χ2v) is 9.32. The molecule has 0 aliphatic carbocycles. The average Bonchev–Trinajstić information content (AvgIpc) is 2.54. The van der Waals surface area contributed by atoms with Crippen molar-refractivity contribution < 1.29 is 17.9 Å². The van der Waals surface area contributed by atoms with Crippen LogP contribution in [-0.2, 0) is 25.8 Å². The zero-order valence-electron chi connectivity index (χ0n) is 15.6. The highest BCUT2D eigenvalue weighted by molar-refractivity contribution is 7.91. The van der Waals surface area contributed by atoms with Crippen molar-refractivity contribution in [3.8, 4) is 5.75 Å². The van der Waals surface area contributed by atoms with E-state index >= 15 is 0 Å². The SMILES string of the molecule is COc1ccc(NC(=O)CS(=O)(=O)Cc2ccc(C(C)(C)C)cc2)cc1. The summed E-state index contributed by atoms with van der Waals surface area (Å²) in [5, 5.41) is 2.59. The first kappa shape index (κ1) is 20.0. The molecule has 0 aliphatic heterocycles. The second-order valence-electron chi connectivity index (χ2n) is 7.26. The van der Waals surface area contributed by atoms with E-state index < -0.39 is 21.5 Å². The Kier molecular flexibility index (Phi) is 6.08. The summed E-state index contributed by atoms with van der Waals surface area (Å²) in [7, 11) is -2.00. The molecule has 5 nitrogen and oxygen atoms in total. The molecule has 2 aromatic carbocycles. The van der Waals surface area contributed by atoms with Crippen LogP contribution < -0.4 is 10.1 Å². The first-order chi connectivity index (χ1) is 12.1. The number of carbonyl (C=O) groups is 1. The van der Waals surface area contributed by atoms with Crippen molar-refractivity contribution in [3.63, 3.8) is 0 Å². The predicted octanol–water partition coefficient (Wildman–Crippen LogP) is 3.55. The Morgan fingerprint density at radius 1 is 1.00 bits per heavy atom. The maximum absolute atomic E-state index is 12.3. The van der Waals surface area contributed by atoms with Gasteiger partial charge in [0.1, 0.15) is 11.5 Å². The molecule has 0 aromatic heterocycles. The fraction of sp³-hybridized carbons (Fsp3) is 0.350. The van der Waals surface area contributed by atoms with E-state index in [-0.39, 0.29) is 11.2 Å². The molecular weight excluding hydrogens is 350 g/mol. The number of hydrogen-bond donors (Lipinski definition) is 1. The summed E-state index contributed by atoms with van der Waals surface area (Å²) in [6, 6.07) is 14.2. The van der Waals surface area contributed by atoms with Gasteiger partial charge in [-0.15, -0.1) is 0 Å². The van der Waals surface area contributed by atoms with Crippen LogP contribution >= 0.6 is 0 Å². The zero-order valence-corrected chi connectivity index (χ0v) is 16.4.